The van der Waals surface area contributed by atoms with Crippen LogP contribution in [0.2, 0.25) is 0 Å². The molecule has 0 fully saturated rings. The topological polar surface area (TPSA) is 61.4 Å². The predicted molar refractivity (Wildman–Crippen MR) is 80.8 cm³/mol. The number of hydrogen-bond donors (Lipinski definition) is 2. The predicted octanol–water partition coefficient (Wildman–Crippen LogP) is 1.72. The first kappa shape index (κ1) is 16.0. The second kappa shape index (κ2) is 7.53. The van der Waals surface area contributed by atoms with Crippen molar-refractivity contribution in [1.82, 2.24) is 10.2 Å². The van der Waals surface area contributed by atoms with Crippen LogP contribution in [0, 0.1) is 0 Å². The quantitative estimate of drug-likeness (QED) is 0.832. The van der Waals surface area contributed by atoms with E-state index in [1.165, 1.54) is 4.90 Å². The van der Waals surface area contributed by atoms with E-state index in [-0.39, 0.29) is 11.8 Å². The number of carbonyl (C=O) groups excluding carboxylic acids is 2. The summed E-state index contributed by atoms with van der Waals surface area (Å²) < 4.78 is 0. The molecule has 5 heteroatoms. The van der Waals surface area contributed by atoms with Crippen LogP contribution in [0.15, 0.2) is 24.3 Å². The highest BCUT2D eigenvalue weighted by atomic mass is 16.2. The molecule has 0 aliphatic heterocycles. The lowest BCUT2D eigenvalue weighted by Gasteiger charge is -2.19. The normalized spacial score (nSPS) is 11.6. The van der Waals surface area contributed by atoms with Gasteiger partial charge in [-0.25, -0.2) is 0 Å². The molecule has 5 nitrogen and oxygen atoms in total. The molecule has 1 aromatic rings. The molecular weight excluding hydrogens is 254 g/mol. The van der Waals surface area contributed by atoms with Crippen LogP contribution in [0.5, 0.6) is 0 Å². The van der Waals surface area contributed by atoms with Gasteiger partial charge < -0.3 is 15.5 Å². The Kier molecular flexibility index (Phi) is 6.03. The van der Waals surface area contributed by atoms with Gasteiger partial charge in [0.1, 0.15) is 6.04 Å². The Morgan fingerprint density at radius 1 is 1.25 bits per heavy atom. The van der Waals surface area contributed by atoms with Crippen LogP contribution in [-0.4, -0.2) is 43.4 Å². The molecule has 0 saturated heterocycles. The van der Waals surface area contributed by atoms with E-state index in [2.05, 4.69) is 17.6 Å². The summed E-state index contributed by atoms with van der Waals surface area (Å²) in [5.74, 6) is -0.371. The largest absolute Gasteiger partial charge is 0.384 e. The molecule has 2 amide bonds. The zero-order valence-corrected chi connectivity index (χ0v) is 12.6. The van der Waals surface area contributed by atoms with Crippen LogP contribution < -0.4 is 10.6 Å². The zero-order valence-electron chi connectivity index (χ0n) is 12.6. The van der Waals surface area contributed by atoms with Crippen LogP contribution in [0.4, 0.5) is 5.69 Å². The van der Waals surface area contributed by atoms with Gasteiger partial charge in [-0.3, -0.25) is 9.59 Å². The fourth-order valence-corrected chi connectivity index (χ4v) is 1.82. The van der Waals surface area contributed by atoms with E-state index in [0.29, 0.717) is 5.56 Å². The monoisotopic (exact) mass is 277 g/mol. The lowest BCUT2D eigenvalue weighted by molar-refractivity contribution is -0.130. The highest BCUT2D eigenvalue weighted by molar-refractivity contribution is 6.01. The molecule has 20 heavy (non-hydrogen) atoms. The van der Waals surface area contributed by atoms with Gasteiger partial charge in [-0.15, -0.1) is 0 Å². The molecular formula is C15H23N3O2. The van der Waals surface area contributed by atoms with Crippen molar-refractivity contribution in [3.8, 4) is 0 Å². The van der Waals surface area contributed by atoms with E-state index in [1.54, 1.807) is 27.1 Å². The molecule has 1 atom stereocenters. The standard InChI is InChI=1S/C15H23N3O2/c1-5-10-16-13-9-7-6-8-12(13)14(19)17-11(2)15(20)18(3)4/h6-9,11,16H,5,10H2,1-4H3,(H,17,19). The third-order valence-electron chi connectivity index (χ3n) is 2.90. The number of nitrogens with zero attached hydrogens (tertiary/aromatic N) is 1. The summed E-state index contributed by atoms with van der Waals surface area (Å²) in [7, 11) is 3.34. The Hall–Kier alpha value is -2.04. The Labute approximate surface area is 120 Å². The number of para-hydroxylation sites is 1. The number of carbonyl (C=O) groups is 2. The molecule has 0 radical (unpaired) electrons. The summed E-state index contributed by atoms with van der Waals surface area (Å²) in [4.78, 5) is 25.5. The van der Waals surface area contributed by atoms with Crippen molar-refractivity contribution in [2.24, 2.45) is 0 Å². The van der Waals surface area contributed by atoms with Gasteiger partial charge in [0, 0.05) is 26.3 Å². The molecule has 110 valence electrons. The van der Waals surface area contributed by atoms with E-state index in [0.717, 1.165) is 18.7 Å². The van der Waals surface area contributed by atoms with Crippen molar-refractivity contribution in [2.75, 3.05) is 26.0 Å². The summed E-state index contributed by atoms with van der Waals surface area (Å²) in [6.45, 7) is 4.55. The minimum atomic E-state index is -0.545. The average Bonchev–Trinajstić information content (AvgIpc) is 2.44. The molecule has 1 unspecified atom stereocenters. The lowest BCUT2D eigenvalue weighted by Crippen LogP contribution is -2.44. The van der Waals surface area contributed by atoms with Crippen molar-refractivity contribution < 1.29 is 9.59 Å². The summed E-state index contributed by atoms with van der Waals surface area (Å²) in [5, 5.41) is 5.94. The second-order valence-electron chi connectivity index (χ2n) is 4.90. The van der Waals surface area contributed by atoms with Crippen molar-refractivity contribution in [1.29, 1.82) is 0 Å². The van der Waals surface area contributed by atoms with Gasteiger partial charge >= 0.3 is 0 Å². The van der Waals surface area contributed by atoms with Crippen LogP contribution in [0.25, 0.3) is 0 Å². The third-order valence-corrected chi connectivity index (χ3v) is 2.90. The summed E-state index contributed by atoms with van der Waals surface area (Å²) in [6, 6.07) is 6.76. The van der Waals surface area contributed by atoms with Gasteiger partial charge in [0.25, 0.3) is 5.91 Å². The van der Waals surface area contributed by atoms with E-state index < -0.39 is 6.04 Å². The molecule has 1 rings (SSSR count). The van der Waals surface area contributed by atoms with Crippen molar-refractivity contribution in [3.05, 3.63) is 29.8 Å². The van der Waals surface area contributed by atoms with Gasteiger partial charge in [-0.2, -0.15) is 0 Å². The summed E-state index contributed by atoms with van der Waals surface area (Å²) >= 11 is 0. The number of anilines is 1. The van der Waals surface area contributed by atoms with Crippen LogP contribution in [0.3, 0.4) is 0 Å². The maximum absolute atomic E-state index is 12.2. The first-order valence-electron chi connectivity index (χ1n) is 6.82. The van der Waals surface area contributed by atoms with E-state index in [9.17, 15) is 9.59 Å². The van der Waals surface area contributed by atoms with Gasteiger partial charge in [0.15, 0.2) is 0 Å². The maximum atomic E-state index is 12.2. The Bertz CT molecular complexity index is 472. The second-order valence-corrected chi connectivity index (χ2v) is 4.90. The smallest absolute Gasteiger partial charge is 0.254 e. The molecule has 1 aromatic carbocycles. The third kappa shape index (κ3) is 4.26. The highest BCUT2D eigenvalue weighted by Crippen LogP contribution is 2.15. The van der Waals surface area contributed by atoms with Crippen molar-refractivity contribution in [2.45, 2.75) is 26.3 Å². The number of nitrogens with one attached hydrogen (secondary N) is 2. The first-order valence-corrected chi connectivity index (χ1v) is 6.82. The van der Waals surface area contributed by atoms with Crippen LogP contribution >= 0.6 is 0 Å². The maximum Gasteiger partial charge on any atom is 0.254 e. The number of hydrogen-bond acceptors (Lipinski definition) is 3. The first-order chi connectivity index (χ1) is 9.47. The Balaban J connectivity index is 2.79. The summed E-state index contributed by atoms with van der Waals surface area (Å²) in [5.41, 5.74) is 1.34. The fourth-order valence-electron chi connectivity index (χ4n) is 1.82. The van der Waals surface area contributed by atoms with E-state index in [4.69, 9.17) is 0 Å². The lowest BCUT2D eigenvalue weighted by atomic mass is 10.1. The molecule has 0 spiro atoms. The molecule has 2 N–H and O–H groups in total. The van der Waals surface area contributed by atoms with Gasteiger partial charge in [-0.05, 0) is 25.5 Å². The highest BCUT2D eigenvalue weighted by Gasteiger charge is 2.19. The number of benzene rings is 1. The summed E-state index contributed by atoms with van der Waals surface area (Å²) in [6.07, 6.45) is 0.978. The Morgan fingerprint density at radius 3 is 2.50 bits per heavy atom. The molecule has 0 saturated carbocycles. The minimum absolute atomic E-state index is 0.127. The molecule has 0 bridgehead atoms. The SMILES string of the molecule is CCCNc1ccccc1C(=O)NC(C)C(=O)N(C)C. The molecule has 0 aliphatic carbocycles. The molecule has 0 aromatic heterocycles. The number of rotatable bonds is 6. The van der Waals surface area contributed by atoms with Crippen molar-refractivity contribution >= 4 is 17.5 Å². The van der Waals surface area contributed by atoms with Crippen LogP contribution in [0.1, 0.15) is 30.6 Å². The fraction of sp³-hybridized carbons (Fsp3) is 0.467. The Morgan fingerprint density at radius 2 is 1.90 bits per heavy atom. The zero-order chi connectivity index (χ0) is 15.1. The van der Waals surface area contributed by atoms with Gasteiger partial charge in [-0.1, -0.05) is 19.1 Å². The van der Waals surface area contributed by atoms with E-state index >= 15 is 0 Å². The van der Waals surface area contributed by atoms with Crippen molar-refractivity contribution in [3.63, 3.8) is 0 Å². The number of likely N-dealkylation sites (N-methyl/N-ethyl adjacent to an activating group) is 1. The minimum Gasteiger partial charge on any atom is -0.384 e. The van der Waals surface area contributed by atoms with Gasteiger partial charge in [0.2, 0.25) is 5.91 Å². The van der Waals surface area contributed by atoms with Crippen LogP contribution in [-0.2, 0) is 4.79 Å². The molecule has 0 aliphatic rings. The average molecular weight is 277 g/mol. The number of amides is 2. The van der Waals surface area contributed by atoms with Gasteiger partial charge in [0.05, 0.1) is 5.56 Å². The molecule has 0 heterocycles. The van der Waals surface area contributed by atoms with E-state index in [1.807, 2.05) is 18.2 Å².